The van der Waals surface area contributed by atoms with Crippen LogP contribution in [-0.2, 0) is 0 Å². The Kier molecular flexibility index (Phi) is 6.50. The smallest absolute Gasteiger partial charge is 0.272 e. The number of carbonyl (C=O) groups excluding carboxylic acids is 1. The van der Waals surface area contributed by atoms with E-state index in [0.29, 0.717) is 24.4 Å². The van der Waals surface area contributed by atoms with E-state index in [2.05, 4.69) is 13.8 Å². The molecule has 2 aromatic heterocycles. The second-order valence-electron chi connectivity index (χ2n) is 7.72. The predicted octanol–water partition coefficient (Wildman–Crippen LogP) is 5.33. The molecule has 0 N–H and O–H groups in total. The molecule has 32 heavy (non-hydrogen) atoms. The van der Waals surface area contributed by atoms with Gasteiger partial charge in [-0.2, -0.15) is 5.10 Å². The molecule has 0 spiro atoms. The molecule has 0 aliphatic rings. The quantitative estimate of drug-likeness (QED) is 0.380. The maximum Gasteiger partial charge on any atom is 0.272 e. The molecule has 2 heterocycles. The van der Waals surface area contributed by atoms with Crippen molar-refractivity contribution in [3.8, 4) is 28.3 Å². The minimum absolute atomic E-state index is 0.0530. The van der Waals surface area contributed by atoms with Crippen molar-refractivity contribution < 1.29 is 9.53 Å². The fourth-order valence-corrected chi connectivity index (χ4v) is 3.84. The third-order valence-electron chi connectivity index (χ3n) is 5.36. The van der Waals surface area contributed by atoms with Gasteiger partial charge in [0.1, 0.15) is 11.4 Å². The fraction of sp³-hybridized carbons (Fsp3) is 0.269. The molecule has 6 nitrogen and oxygen atoms in total. The molecule has 0 fully saturated rings. The zero-order valence-electron chi connectivity index (χ0n) is 18.8. The third kappa shape index (κ3) is 4.35. The Balaban J connectivity index is 1.89. The molecule has 0 radical (unpaired) electrons. The summed E-state index contributed by atoms with van der Waals surface area (Å²) in [6.45, 7) is 5.58. The highest BCUT2D eigenvalue weighted by Crippen LogP contribution is 2.28. The van der Waals surface area contributed by atoms with E-state index in [9.17, 15) is 4.79 Å². The third-order valence-corrected chi connectivity index (χ3v) is 5.36. The monoisotopic (exact) mass is 428 g/mol. The van der Waals surface area contributed by atoms with Crippen LogP contribution in [0.4, 0.5) is 0 Å². The molecular formula is C26H28N4O2. The van der Waals surface area contributed by atoms with Gasteiger partial charge in [-0.3, -0.25) is 4.79 Å². The molecular weight excluding hydrogens is 400 g/mol. The second-order valence-corrected chi connectivity index (χ2v) is 7.72. The first-order valence-electron chi connectivity index (χ1n) is 11.0. The van der Waals surface area contributed by atoms with Crippen molar-refractivity contribution >= 4 is 11.6 Å². The molecule has 4 aromatic rings. The molecule has 0 saturated carbocycles. The number of carbonyl (C=O) groups is 1. The van der Waals surface area contributed by atoms with Gasteiger partial charge < -0.3 is 9.64 Å². The zero-order chi connectivity index (χ0) is 22.5. The maximum absolute atomic E-state index is 13.4. The summed E-state index contributed by atoms with van der Waals surface area (Å²) >= 11 is 0. The van der Waals surface area contributed by atoms with Gasteiger partial charge in [0.25, 0.3) is 5.91 Å². The number of methoxy groups -OCH3 is 1. The summed E-state index contributed by atoms with van der Waals surface area (Å²) < 4.78 is 7.23. The average molecular weight is 429 g/mol. The minimum atomic E-state index is -0.0530. The lowest BCUT2D eigenvalue weighted by Crippen LogP contribution is -2.33. The summed E-state index contributed by atoms with van der Waals surface area (Å²) in [5.74, 6) is 0.692. The van der Waals surface area contributed by atoms with Crippen molar-refractivity contribution in [2.24, 2.45) is 0 Å². The summed E-state index contributed by atoms with van der Waals surface area (Å²) in [5, 5.41) is 4.82. The Morgan fingerprint density at radius 3 is 2.34 bits per heavy atom. The highest BCUT2D eigenvalue weighted by atomic mass is 16.5. The van der Waals surface area contributed by atoms with E-state index in [1.54, 1.807) is 11.6 Å². The van der Waals surface area contributed by atoms with Crippen LogP contribution in [0.25, 0.3) is 28.2 Å². The summed E-state index contributed by atoms with van der Waals surface area (Å²) in [7, 11) is 1.64. The molecule has 0 aliphatic carbocycles. The van der Waals surface area contributed by atoms with Gasteiger partial charge in [-0.25, -0.2) is 9.50 Å². The number of hydrogen-bond donors (Lipinski definition) is 0. The first-order valence-corrected chi connectivity index (χ1v) is 11.0. The number of ether oxygens (including phenoxy) is 1. The van der Waals surface area contributed by atoms with Crippen LogP contribution in [0.2, 0.25) is 0 Å². The van der Waals surface area contributed by atoms with E-state index in [1.165, 1.54) is 0 Å². The Morgan fingerprint density at radius 1 is 0.938 bits per heavy atom. The topological polar surface area (TPSA) is 59.7 Å². The predicted molar refractivity (Wildman–Crippen MR) is 127 cm³/mol. The lowest BCUT2D eigenvalue weighted by molar-refractivity contribution is 0.0750. The standard InChI is InChI=1S/C26H28N4O2/c1-4-14-29(15-5-2)26(31)23-17-24(20-12-9-13-21(16-20)32-3)30-25(27-23)18-22(28-30)19-10-7-6-8-11-19/h6-13,16-18H,4-5,14-15H2,1-3H3. The molecule has 0 bridgehead atoms. The van der Waals surface area contributed by atoms with Crippen LogP contribution in [0.1, 0.15) is 37.2 Å². The number of amides is 1. The van der Waals surface area contributed by atoms with Crippen molar-refractivity contribution in [2.75, 3.05) is 20.2 Å². The highest BCUT2D eigenvalue weighted by Gasteiger charge is 2.20. The van der Waals surface area contributed by atoms with E-state index >= 15 is 0 Å². The molecule has 0 atom stereocenters. The number of fused-ring (bicyclic) bond motifs is 1. The van der Waals surface area contributed by atoms with Crippen LogP contribution in [0, 0.1) is 0 Å². The lowest BCUT2D eigenvalue weighted by atomic mass is 10.1. The number of rotatable bonds is 8. The van der Waals surface area contributed by atoms with E-state index in [1.807, 2.05) is 71.6 Å². The normalized spacial score (nSPS) is 11.0. The second kappa shape index (κ2) is 9.64. The molecule has 2 aromatic carbocycles. The first-order chi connectivity index (χ1) is 15.6. The van der Waals surface area contributed by atoms with Gasteiger partial charge in [0.2, 0.25) is 0 Å². The van der Waals surface area contributed by atoms with Gasteiger partial charge in [-0.1, -0.05) is 56.3 Å². The SMILES string of the molecule is CCCN(CCC)C(=O)c1cc(-c2cccc(OC)c2)n2nc(-c3ccccc3)cc2n1. The number of nitrogens with zero attached hydrogens (tertiary/aromatic N) is 4. The Morgan fingerprint density at radius 2 is 1.66 bits per heavy atom. The molecule has 1 amide bonds. The van der Waals surface area contributed by atoms with Crippen molar-refractivity contribution in [1.82, 2.24) is 19.5 Å². The van der Waals surface area contributed by atoms with Crippen molar-refractivity contribution in [3.63, 3.8) is 0 Å². The number of aromatic nitrogens is 3. The van der Waals surface area contributed by atoms with Crippen LogP contribution in [0.15, 0.2) is 66.7 Å². The molecule has 0 saturated heterocycles. The largest absolute Gasteiger partial charge is 0.497 e. The van der Waals surface area contributed by atoms with E-state index in [4.69, 9.17) is 14.8 Å². The van der Waals surface area contributed by atoms with E-state index in [0.717, 1.165) is 41.1 Å². The van der Waals surface area contributed by atoms with Crippen molar-refractivity contribution in [1.29, 1.82) is 0 Å². The van der Waals surface area contributed by atoms with Gasteiger partial charge in [-0.15, -0.1) is 0 Å². The van der Waals surface area contributed by atoms with Crippen LogP contribution in [-0.4, -0.2) is 45.6 Å². The van der Waals surface area contributed by atoms with Gasteiger partial charge >= 0.3 is 0 Å². The molecule has 4 rings (SSSR count). The van der Waals surface area contributed by atoms with E-state index < -0.39 is 0 Å². The number of benzene rings is 2. The summed E-state index contributed by atoms with van der Waals surface area (Å²) in [4.78, 5) is 20.0. The van der Waals surface area contributed by atoms with Crippen LogP contribution in [0.5, 0.6) is 5.75 Å². The molecule has 0 unspecified atom stereocenters. The number of hydrogen-bond acceptors (Lipinski definition) is 4. The summed E-state index contributed by atoms with van der Waals surface area (Å²) in [6.07, 6.45) is 1.81. The molecule has 164 valence electrons. The van der Waals surface area contributed by atoms with Crippen molar-refractivity contribution in [2.45, 2.75) is 26.7 Å². The fourth-order valence-electron chi connectivity index (χ4n) is 3.84. The zero-order valence-corrected chi connectivity index (χ0v) is 18.8. The maximum atomic E-state index is 13.4. The Bertz CT molecular complexity index is 1210. The van der Waals surface area contributed by atoms with Crippen LogP contribution >= 0.6 is 0 Å². The highest BCUT2D eigenvalue weighted by molar-refractivity contribution is 5.94. The first kappa shape index (κ1) is 21.6. The molecule has 0 aliphatic heterocycles. The Labute approximate surface area is 188 Å². The summed E-state index contributed by atoms with van der Waals surface area (Å²) in [5.41, 5.74) is 4.59. The van der Waals surface area contributed by atoms with Gasteiger partial charge in [-0.05, 0) is 31.0 Å². The average Bonchev–Trinajstić information content (AvgIpc) is 3.28. The Hall–Kier alpha value is -3.67. The van der Waals surface area contributed by atoms with Gasteiger partial charge in [0, 0.05) is 30.3 Å². The van der Waals surface area contributed by atoms with Crippen molar-refractivity contribution in [3.05, 3.63) is 72.4 Å². The minimum Gasteiger partial charge on any atom is -0.497 e. The lowest BCUT2D eigenvalue weighted by Gasteiger charge is -2.21. The van der Waals surface area contributed by atoms with Gasteiger partial charge in [0.05, 0.1) is 18.5 Å². The van der Waals surface area contributed by atoms with Crippen LogP contribution in [0.3, 0.4) is 0 Å². The van der Waals surface area contributed by atoms with Crippen LogP contribution < -0.4 is 4.74 Å². The molecule has 6 heteroatoms. The van der Waals surface area contributed by atoms with E-state index in [-0.39, 0.29) is 5.91 Å². The van der Waals surface area contributed by atoms with Gasteiger partial charge in [0.15, 0.2) is 5.65 Å². The summed E-state index contributed by atoms with van der Waals surface area (Å²) in [6, 6.07) is 21.5.